The summed E-state index contributed by atoms with van der Waals surface area (Å²) in [6.45, 7) is 0. The monoisotopic (exact) mass is 235 g/mol. The molecule has 0 amide bonds. The highest BCUT2D eigenvalue weighted by molar-refractivity contribution is 7.88. The van der Waals surface area contributed by atoms with Crippen molar-refractivity contribution in [3.63, 3.8) is 0 Å². The first kappa shape index (κ1) is 11.1. The van der Waals surface area contributed by atoms with Gasteiger partial charge in [-0.05, 0) is 23.4 Å². The minimum Gasteiger partial charge on any atom is -0.218 e. The number of nitrogens with one attached hydrogen (secondary N) is 1. The van der Waals surface area contributed by atoms with Crippen molar-refractivity contribution in [2.75, 3.05) is 7.05 Å². The van der Waals surface area contributed by atoms with Crippen LogP contribution in [0.2, 0.25) is 0 Å². The molecule has 0 saturated carbocycles. The van der Waals surface area contributed by atoms with Crippen LogP contribution < -0.4 is 4.72 Å². The molecule has 0 aliphatic carbocycles. The molecule has 4 heteroatoms. The Labute approximate surface area is 95.2 Å². The van der Waals surface area contributed by atoms with Gasteiger partial charge in [0.25, 0.3) is 0 Å². The average Bonchev–Trinajstić information content (AvgIpc) is 2.29. The zero-order valence-corrected chi connectivity index (χ0v) is 9.79. The van der Waals surface area contributed by atoms with E-state index < -0.39 is 10.0 Å². The van der Waals surface area contributed by atoms with Crippen LogP contribution in [0.1, 0.15) is 5.56 Å². The summed E-state index contributed by atoms with van der Waals surface area (Å²) >= 11 is 0. The van der Waals surface area contributed by atoms with E-state index in [9.17, 15) is 8.42 Å². The molecular formula is C12H13NO2S. The summed E-state index contributed by atoms with van der Waals surface area (Å²) < 4.78 is 25.3. The quantitative estimate of drug-likeness (QED) is 0.883. The minimum atomic E-state index is -3.21. The average molecular weight is 235 g/mol. The van der Waals surface area contributed by atoms with Gasteiger partial charge in [-0.15, -0.1) is 0 Å². The zero-order valence-electron chi connectivity index (χ0n) is 8.97. The van der Waals surface area contributed by atoms with Crippen molar-refractivity contribution in [2.45, 2.75) is 5.75 Å². The highest BCUT2D eigenvalue weighted by atomic mass is 32.2. The Morgan fingerprint density at radius 2 is 1.75 bits per heavy atom. The normalized spacial score (nSPS) is 11.8. The lowest BCUT2D eigenvalue weighted by Gasteiger charge is -2.06. The van der Waals surface area contributed by atoms with Gasteiger partial charge < -0.3 is 0 Å². The molecule has 2 rings (SSSR count). The van der Waals surface area contributed by atoms with E-state index in [1.165, 1.54) is 7.05 Å². The second-order valence-electron chi connectivity index (χ2n) is 3.60. The van der Waals surface area contributed by atoms with Crippen molar-refractivity contribution in [3.8, 4) is 0 Å². The van der Waals surface area contributed by atoms with Crippen molar-refractivity contribution in [2.24, 2.45) is 0 Å². The maximum absolute atomic E-state index is 11.5. The lowest BCUT2D eigenvalue weighted by atomic mass is 10.1. The lowest BCUT2D eigenvalue weighted by Crippen LogP contribution is -2.20. The number of fused-ring (bicyclic) bond motifs is 1. The van der Waals surface area contributed by atoms with Crippen LogP contribution in [-0.2, 0) is 15.8 Å². The zero-order chi connectivity index (χ0) is 11.6. The largest absolute Gasteiger partial charge is 0.218 e. The molecule has 0 bridgehead atoms. The van der Waals surface area contributed by atoms with Gasteiger partial charge in [-0.25, -0.2) is 13.1 Å². The van der Waals surface area contributed by atoms with E-state index in [1.54, 1.807) is 0 Å². The molecule has 2 aromatic rings. The van der Waals surface area contributed by atoms with Gasteiger partial charge in [0, 0.05) is 0 Å². The summed E-state index contributed by atoms with van der Waals surface area (Å²) in [7, 11) is -1.78. The van der Waals surface area contributed by atoms with E-state index in [-0.39, 0.29) is 5.75 Å². The summed E-state index contributed by atoms with van der Waals surface area (Å²) in [5.41, 5.74) is 0.826. The molecule has 0 unspecified atom stereocenters. The molecule has 84 valence electrons. The third-order valence-corrected chi connectivity index (χ3v) is 3.85. The van der Waals surface area contributed by atoms with Crippen LogP contribution in [-0.4, -0.2) is 15.5 Å². The van der Waals surface area contributed by atoms with Crippen LogP contribution in [0.4, 0.5) is 0 Å². The van der Waals surface area contributed by atoms with Crippen molar-refractivity contribution in [1.29, 1.82) is 0 Å². The molecule has 0 spiro atoms. The maximum Gasteiger partial charge on any atom is 0.215 e. The molecule has 3 nitrogen and oxygen atoms in total. The predicted molar refractivity (Wildman–Crippen MR) is 65.6 cm³/mol. The second-order valence-corrected chi connectivity index (χ2v) is 5.53. The Morgan fingerprint density at radius 3 is 2.50 bits per heavy atom. The summed E-state index contributed by atoms with van der Waals surface area (Å²) in [6.07, 6.45) is 0. The molecule has 0 aliphatic rings. The highest BCUT2D eigenvalue weighted by Gasteiger charge is 2.10. The summed E-state index contributed by atoms with van der Waals surface area (Å²) in [4.78, 5) is 0. The van der Waals surface area contributed by atoms with E-state index in [0.717, 1.165) is 16.3 Å². The first-order chi connectivity index (χ1) is 7.62. The van der Waals surface area contributed by atoms with Crippen LogP contribution in [0.25, 0.3) is 10.8 Å². The lowest BCUT2D eigenvalue weighted by molar-refractivity contribution is 0.587. The topological polar surface area (TPSA) is 46.2 Å². The van der Waals surface area contributed by atoms with Gasteiger partial charge in [0.15, 0.2) is 0 Å². The molecule has 0 fully saturated rings. The number of benzene rings is 2. The molecule has 0 saturated heterocycles. The first-order valence-electron chi connectivity index (χ1n) is 5.00. The Kier molecular flexibility index (Phi) is 2.94. The minimum absolute atomic E-state index is 0.0187. The van der Waals surface area contributed by atoms with Crippen LogP contribution >= 0.6 is 0 Å². The molecule has 0 aromatic heterocycles. The van der Waals surface area contributed by atoms with E-state index in [1.807, 2.05) is 42.5 Å². The van der Waals surface area contributed by atoms with Crippen molar-refractivity contribution < 1.29 is 8.42 Å². The fraction of sp³-hybridized carbons (Fsp3) is 0.167. The first-order valence-corrected chi connectivity index (χ1v) is 6.65. The van der Waals surface area contributed by atoms with Gasteiger partial charge >= 0.3 is 0 Å². The summed E-state index contributed by atoms with van der Waals surface area (Å²) in [5.74, 6) is 0.0187. The third kappa shape index (κ3) is 2.23. The Balaban J connectivity index is 2.53. The third-order valence-electron chi connectivity index (χ3n) is 2.54. The maximum atomic E-state index is 11.5. The van der Waals surface area contributed by atoms with Crippen LogP contribution in [0.15, 0.2) is 42.5 Å². The van der Waals surface area contributed by atoms with Crippen molar-refractivity contribution >= 4 is 20.8 Å². The number of hydrogen-bond donors (Lipinski definition) is 1. The molecule has 0 aliphatic heterocycles. The number of hydrogen-bond acceptors (Lipinski definition) is 2. The fourth-order valence-electron chi connectivity index (χ4n) is 1.70. The van der Waals surface area contributed by atoms with Gasteiger partial charge in [-0.3, -0.25) is 0 Å². The SMILES string of the molecule is CNS(=O)(=O)Cc1cccc2ccccc12. The molecule has 2 aromatic carbocycles. The standard InChI is InChI=1S/C12H13NO2S/c1-13-16(14,15)9-11-7-4-6-10-5-2-3-8-12(10)11/h2-8,13H,9H2,1H3. The molecular weight excluding hydrogens is 222 g/mol. The Bertz CT molecular complexity index is 600. The van der Waals surface area contributed by atoms with Gasteiger partial charge in [-0.2, -0.15) is 0 Å². The van der Waals surface area contributed by atoms with Crippen LogP contribution in [0.3, 0.4) is 0 Å². The smallest absolute Gasteiger partial charge is 0.215 e. The van der Waals surface area contributed by atoms with E-state index in [2.05, 4.69) is 4.72 Å². The van der Waals surface area contributed by atoms with E-state index >= 15 is 0 Å². The van der Waals surface area contributed by atoms with E-state index in [0.29, 0.717) is 0 Å². The van der Waals surface area contributed by atoms with E-state index in [4.69, 9.17) is 0 Å². The number of rotatable bonds is 3. The van der Waals surface area contributed by atoms with Gasteiger partial charge in [0.1, 0.15) is 0 Å². The second kappa shape index (κ2) is 4.23. The van der Waals surface area contributed by atoms with Gasteiger partial charge in [0.05, 0.1) is 5.75 Å². The Morgan fingerprint density at radius 1 is 1.06 bits per heavy atom. The summed E-state index contributed by atoms with van der Waals surface area (Å²) in [5, 5.41) is 2.05. The summed E-state index contributed by atoms with van der Waals surface area (Å²) in [6, 6.07) is 13.5. The predicted octanol–water partition coefficient (Wildman–Crippen LogP) is 1.89. The molecule has 16 heavy (non-hydrogen) atoms. The van der Waals surface area contributed by atoms with Crippen LogP contribution in [0, 0.1) is 0 Å². The van der Waals surface area contributed by atoms with Crippen LogP contribution in [0.5, 0.6) is 0 Å². The molecule has 0 atom stereocenters. The fourth-order valence-corrected chi connectivity index (χ4v) is 2.50. The van der Waals surface area contributed by atoms with Gasteiger partial charge in [-0.1, -0.05) is 42.5 Å². The van der Waals surface area contributed by atoms with Crippen molar-refractivity contribution in [3.05, 3.63) is 48.0 Å². The molecule has 0 radical (unpaired) electrons. The Hall–Kier alpha value is -1.39. The molecule has 0 heterocycles. The van der Waals surface area contributed by atoms with Crippen molar-refractivity contribution in [1.82, 2.24) is 4.72 Å². The highest BCUT2D eigenvalue weighted by Crippen LogP contribution is 2.19. The molecule has 1 N–H and O–H groups in total. The number of sulfonamides is 1. The van der Waals surface area contributed by atoms with Gasteiger partial charge in [0.2, 0.25) is 10.0 Å².